The molecule has 1 saturated heterocycles. The Hall–Kier alpha value is -0.970. The van der Waals surface area contributed by atoms with Crippen LogP contribution in [0.3, 0.4) is 0 Å². The van der Waals surface area contributed by atoms with E-state index in [0.29, 0.717) is 24.0 Å². The molecular formula is C11H16F2N2O. The Balaban J connectivity index is 2.11. The number of hydrogen-bond acceptors (Lipinski definition) is 3. The highest BCUT2D eigenvalue weighted by Gasteiger charge is 2.32. The molecule has 2 heterocycles. The number of halogens is 2. The normalized spacial score (nSPS) is 21.6. The van der Waals surface area contributed by atoms with Crippen molar-refractivity contribution in [2.45, 2.75) is 45.1 Å². The lowest BCUT2D eigenvalue weighted by Gasteiger charge is -2.07. The Labute approximate surface area is 93.2 Å². The van der Waals surface area contributed by atoms with Crippen molar-refractivity contribution in [3.05, 3.63) is 17.3 Å². The van der Waals surface area contributed by atoms with Gasteiger partial charge in [-0.05, 0) is 26.3 Å². The molecule has 0 bridgehead atoms. The molecule has 0 amide bonds. The van der Waals surface area contributed by atoms with Crippen molar-refractivity contribution in [3.8, 4) is 0 Å². The molecule has 0 aliphatic carbocycles. The minimum atomic E-state index is -2.95. The topological polar surface area (TPSA) is 38.1 Å². The first kappa shape index (κ1) is 11.5. The van der Waals surface area contributed by atoms with Gasteiger partial charge >= 0.3 is 5.92 Å². The van der Waals surface area contributed by atoms with E-state index in [2.05, 4.69) is 10.3 Å². The molecule has 5 heteroatoms. The van der Waals surface area contributed by atoms with Crippen LogP contribution in [0.15, 0.2) is 4.42 Å². The van der Waals surface area contributed by atoms with Gasteiger partial charge < -0.3 is 9.73 Å². The van der Waals surface area contributed by atoms with Crippen molar-refractivity contribution in [3.63, 3.8) is 0 Å². The van der Waals surface area contributed by atoms with Crippen LogP contribution in [0, 0.1) is 6.92 Å². The van der Waals surface area contributed by atoms with E-state index in [4.69, 9.17) is 4.42 Å². The molecule has 1 aromatic heterocycles. The first-order chi connectivity index (χ1) is 7.47. The van der Waals surface area contributed by atoms with E-state index < -0.39 is 5.92 Å². The van der Waals surface area contributed by atoms with Gasteiger partial charge in [0.15, 0.2) is 11.7 Å². The molecular weight excluding hydrogens is 214 g/mol. The second kappa shape index (κ2) is 4.13. The van der Waals surface area contributed by atoms with Crippen LogP contribution in [0.5, 0.6) is 0 Å². The first-order valence-corrected chi connectivity index (χ1v) is 5.55. The van der Waals surface area contributed by atoms with Gasteiger partial charge in [0.2, 0.25) is 0 Å². The molecule has 1 aromatic rings. The smallest absolute Gasteiger partial charge is 0.303 e. The molecule has 1 aliphatic heterocycles. The Kier molecular flexibility index (Phi) is 2.97. The van der Waals surface area contributed by atoms with Crippen molar-refractivity contribution in [2.75, 3.05) is 6.54 Å². The predicted molar refractivity (Wildman–Crippen MR) is 55.5 cm³/mol. The summed E-state index contributed by atoms with van der Waals surface area (Å²) in [5, 5.41) is 3.29. The number of aryl methyl sites for hydroxylation is 1. The summed E-state index contributed by atoms with van der Waals surface area (Å²) >= 11 is 0. The van der Waals surface area contributed by atoms with Crippen molar-refractivity contribution >= 4 is 0 Å². The van der Waals surface area contributed by atoms with Crippen LogP contribution in [0.4, 0.5) is 8.78 Å². The highest BCUT2D eigenvalue weighted by Crippen LogP contribution is 2.30. The molecule has 1 fully saturated rings. The molecule has 0 saturated carbocycles. The van der Waals surface area contributed by atoms with Crippen LogP contribution in [-0.2, 0) is 12.3 Å². The maximum atomic E-state index is 13.1. The number of nitrogens with one attached hydrogen (secondary N) is 1. The van der Waals surface area contributed by atoms with Gasteiger partial charge in [-0.3, -0.25) is 0 Å². The number of nitrogens with zero attached hydrogens (tertiary/aromatic N) is 1. The largest absolute Gasteiger partial charge is 0.439 e. The fourth-order valence-electron chi connectivity index (χ4n) is 2.09. The fraction of sp³-hybridized carbons (Fsp3) is 0.727. The lowest BCUT2D eigenvalue weighted by molar-refractivity contribution is -0.00709. The minimum Gasteiger partial charge on any atom is -0.439 e. The van der Waals surface area contributed by atoms with Crippen molar-refractivity contribution in [2.24, 2.45) is 0 Å². The molecule has 1 N–H and O–H groups in total. The van der Waals surface area contributed by atoms with E-state index in [1.165, 1.54) is 0 Å². The maximum Gasteiger partial charge on any atom is 0.303 e. The summed E-state index contributed by atoms with van der Waals surface area (Å²) in [5.41, 5.74) is 0.292. The summed E-state index contributed by atoms with van der Waals surface area (Å²) in [7, 11) is 0. The van der Waals surface area contributed by atoms with Crippen LogP contribution in [0.2, 0.25) is 0 Å². The molecule has 1 unspecified atom stereocenters. The van der Waals surface area contributed by atoms with E-state index in [1.807, 2.05) is 0 Å². The summed E-state index contributed by atoms with van der Waals surface area (Å²) in [6, 6.07) is 0.316. The van der Waals surface area contributed by atoms with Crippen LogP contribution in [0.1, 0.15) is 37.1 Å². The predicted octanol–water partition coefficient (Wildman–Crippen LogP) is 2.39. The van der Waals surface area contributed by atoms with Gasteiger partial charge in [-0.15, -0.1) is 0 Å². The Bertz CT molecular complexity index is 365. The van der Waals surface area contributed by atoms with Crippen molar-refractivity contribution in [1.29, 1.82) is 0 Å². The second-order valence-corrected chi connectivity index (χ2v) is 4.41. The van der Waals surface area contributed by atoms with Gasteiger partial charge in [0.25, 0.3) is 0 Å². The third kappa shape index (κ3) is 2.40. The molecule has 0 aromatic carbocycles. The van der Waals surface area contributed by atoms with E-state index in [9.17, 15) is 8.78 Å². The van der Waals surface area contributed by atoms with Gasteiger partial charge in [0, 0.05) is 19.4 Å². The Morgan fingerprint density at radius 2 is 2.31 bits per heavy atom. The zero-order chi connectivity index (χ0) is 11.8. The van der Waals surface area contributed by atoms with Crippen LogP contribution in [0.25, 0.3) is 0 Å². The van der Waals surface area contributed by atoms with Crippen LogP contribution >= 0.6 is 0 Å². The summed E-state index contributed by atoms with van der Waals surface area (Å²) in [5.74, 6) is -2.84. The highest BCUT2D eigenvalue weighted by molar-refractivity contribution is 5.13. The molecule has 90 valence electrons. The molecule has 0 radical (unpaired) electrons. The average molecular weight is 230 g/mol. The quantitative estimate of drug-likeness (QED) is 0.866. The third-order valence-corrected chi connectivity index (χ3v) is 2.82. The van der Waals surface area contributed by atoms with Gasteiger partial charge in [0.1, 0.15) is 0 Å². The number of alkyl halides is 2. The lowest BCUT2D eigenvalue weighted by atomic mass is 10.2. The standard InChI is InChI=1S/C11H16F2N2O/c1-7-10(11(2,12)13)16-9(15-7)6-8-4-3-5-14-8/h8,14H,3-6H2,1-2H3. The summed E-state index contributed by atoms with van der Waals surface area (Å²) in [6.07, 6.45) is 2.78. The number of oxazole rings is 1. The summed E-state index contributed by atoms with van der Waals surface area (Å²) in [6.45, 7) is 3.38. The van der Waals surface area contributed by atoms with E-state index in [-0.39, 0.29) is 5.76 Å². The third-order valence-electron chi connectivity index (χ3n) is 2.82. The monoisotopic (exact) mass is 230 g/mol. The van der Waals surface area contributed by atoms with E-state index in [0.717, 1.165) is 26.3 Å². The fourth-order valence-corrected chi connectivity index (χ4v) is 2.09. The molecule has 2 rings (SSSR count). The summed E-state index contributed by atoms with van der Waals surface area (Å²) in [4.78, 5) is 4.05. The van der Waals surface area contributed by atoms with Gasteiger partial charge in [-0.1, -0.05) is 0 Å². The molecule has 0 spiro atoms. The zero-order valence-electron chi connectivity index (χ0n) is 9.52. The second-order valence-electron chi connectivity index (χ2n) is 4.41. The minimum absolute atomic E-state index is 0.292. The Morgan fingerprint density at radius 3 is 2.81 bits per heavy atom. The van der Waals surface area contributed by atoms with Crippen molar-refractivity contribution in [1.82, 2.24) is 10.3 Å². The zero-order valence-corrected chi connectivity index (χ0v) is 9.52. The van der Waals surface area contributed by atoms with Gasteiger partial charge in [-0.25, -0.2) is 4.98 Å². The Morgan fingerprint density at radius 1 is 1.56 bits per heavy atom. The van der Waals surface area contributed by atoms with E-state index in [1.54, 1.807) is 6.92 Å². The molecule has 3 nitrogen and oxygen atoms in total. The highest BCUT2D eigenvalue weighted by atomic mass is 19.3. The number of hydrogen-bond donors (Lipinski definition) is 1. The van der Waals surface area contributed by atoms with Crippen LogP contribution < -0.4 is 5.32 Å². The maximum absolute atomic E-state index is 13.1. The number of aromatic nitrogens is 1. The van der Waals surface area contributed by atoms with E-state index >= 15 is 0 Å². The van der Waals surface area contributed by atoms with Crippen LogP contribution in [-0.4, -0.2) is 17.6 Å². The summed E-state index contributed by atoms with van der Waals surface area (Å²) < 4.78 is 31.3. The number of rotatable bonds is 3. The molecule has 1 atom stereocenters. The van der Waals surface area contributed by atoms with Crippen molar-refractivity contribution < 1.29 is 13.2 Å². The SMILES string of the molecule is Cc1nc(CC2CCCN2)oc1C(C)(F)F. The first-order valence-electron chi connectivity index (χ1n) is 5.55. The lowest BCUT2D eigenvalue weighted by Crippen LogP contribution is -2.23. The average Bonchev–Trinajstić information content (AvgIpc) is 2.74. The van der Waals surface area contributed by atoms with Gasteiger partial charge in [0.05, 0.1) is 5.69 Å². The molecule has 1 aliphatic rings. The van der Waals surface area contributed by atoms with Gasteiger partial charge in [-0.2, -0.15) is 8.78 Å². The molecule has 16 heavy (non-hydrogen) atoms.